The number of hydrogen-bond acceptors (Lipinski definition) is 5. The molecule has 1 unspecified atom stereocenters. The summed E-state index contributed by atoms with van der Waals surface area (Å²) in [4.78, 5) is 13.6. The van der Waals surface area contributed by atoms with Crippen LogP contribution in [0.2, 0.25) is 0 Å². The van der Waals surface area contributed by atoms with E-state index in [9.17, 15) is 9.90 Å². The van der Waals surface area contributed by atoms with Gasteiger partial charge in [-0.1, -0.05) is 29.8 Å². The number of aromatic nitrogens is 3. The highest BCUT2D eigenvalue weighted by atomic mass is 16.4. The largest absolute Gasteiger partial charge is 0.480 e. The fraction of sp³-hybridized carbons (Fsp3) is 0.316. The summed E-state index contributed by atoms with van der Waals surface area (Å²) in [6, 6.07) is 11.3. The van der Waals surface area contributed by atoms with Crippen molar-refractivity contribution in [2.45, 2.75) is 39.5 Å². The van der Waals surface area contributed by atoms with Gasteiger partial charge in [0.25, 0.3) is 0 Å². The third-order valence-corrected chi connectivity index (χ3v) is 4.79. The molecule has 0 saturated carbocycles. The summed E-state index contributed by atoms with van der Waals surface area (Å²) in [5.74, 6) is 2.18. The Morgan fingerprint density at radius 1 is 1.19 bits per heavy atom. The Morgan fingerprint density at radius 2 is 1.96 bits per heavy atom. The molecule has 3 aromatic rings. The molecule has 0 fully saturated rings. The van der Waals surface area contributed by atoms with Crippen LogP contribution in [0.25, 0.3) is 11.3 Å². The number of furan rings is 1. The van der Waals surface area contributed by atoms with Crippen molar-refractivity contribution < 1.29 is 14.3 Å². The molecule has 1 aromatic carbocycles. The first-order valence-electron chi connectivity index (χ1n) is 8.52. The summed E-state index contributed by atoms with van der Waals surface area (Å²) >= 11 is 0. The van der Waals surface area contributed by atoms with Gasteiger partial charge in [-0.2, -0.15) is 0 Å². The molecule has 0 bridgehead atoms. The summed E-state index contributed by atoms with van der Waals surface area (Å²) in [5, 5.41) is 17.8. The molecule has 3 heterocycles. The van der Waals surface area contributed by atoms with E-state index in [1.54, 1.807) is 0 Å². The van der Waals surface area contributed by atoms with Crippen LogP contribution in [0.15, 0.2) is 40.8 Å². The Labute approximate surface area is 150 Å². The molecule has 1 N–H and O–H groups in total. The van der Waals surface area contributed by atoms with Gasteiger partial charge in [0.05, 0.1) is 19.6 Å². The van der Waals surface area contributed by atoms with Crippen LogP contribution in [-0.2, 0) is 24.4 Å². The SMILES string of the molecule is Cc1ccc(-c2ccc(CN3Cc4nnc(C)n4CC3C(=O)O)o2)cc1. The second-order valence-corrected chi connectivity index (χ2v) is 6.67. The van der Waals surface area contributed by atoms with Crippen molar-refractivity contribution in [3.63, 3.8) is 0 Å². The molecule has 134 valence electrons. The first-order valence-corrected chi connectivity index (χ1v) is 8.52. The zero-order chi connectivity index (χ0) is 18.3. The second-order valence-electron chi connectivity index (χ2n) is 6.67. The number of carboxylic acids is 1. The van der Waals surface area contributed by atoms with Crippen molar-refractivity contribution in [3.05, 3.63) is 59.4 Å². The fourth-order valence-electron chi connectivity index (χ4n) is 3.30. The Bertz CT molecular complexity index is 942. The highest BCUT2D eigenvalue weighted by molar-refractivity contribution is 5.73. The lowest BCUT2D eigenvalue weighted by atomic mass is 10.1. The lowest BCUT2D eigenvalue weighted by Crippen LogP contribution is -2.47. The van der Waals surface area contributed by atoms with Crippen LogP contribution in [0.1, 0.15) is 23.0 Å². The van der Waals surface area contributed by atoms with Crippen LogP contribution in [-0.4, -0.2) is 36.8 Å². The zero-order valence-electron chi connectivity index (χ0n) is 14.7. The predicted octanol–water partition coefficient (Wildman–Crippen LogP) is 2.62. The maximum atomic E-state index is 11.7. The van der Waals surface area contributed by atoms with E-state index in [4.69, 9.17) is 4.42 Å². The van der Waals surface area contributed by atoms with E-state index in [0.29, 0.717) is 19.6 Å². The Balaban J connectivity index is 1.56. The smallest absolute Gasteiger partial charge is 0.322 e. The molecule has 26 heavy (non-hydrogen) atoms. The maximum Gasteiger partial charge on any atom is 0.322 e. The van der Waals surface area contributed by atoms with E-state index >= 15 is 0 Å². The van der Waals surface area contributed by atoms with Gasteiger partial charge in [-0.15, -0.1) is 10.2 Å². The maximum absolute atomic E-state index is 11.7. The molecule has 1 aliphatic rings. The number of fused-ring (bicyclic) bond motifs is 1. The van der Waals surface area contributed by atoms with Crippen molar-refractivity contribution in [3.8, 4) is 11.3 Å². The molecular weight excluding hydrogens is 332 g/mol. The molecule has 0 radical (unpaired) electrons. The summed E-state index contributed by atoms with van der Waals surface area (Å²) in [7, 11) is 0. The zero-order valence-corrected chi connectivity index (χ0v) is 14.7. The number of aliphatic carboxylic acids is 1. The van der Waals surface area contributed by atoms with Gasteiger partial charge in [0.1, 0.15) is 29.2 Å². The van der Waals surface area contributed by atoms with Gasteiger partial charge in [0.2, 0.25) is 0 Å². The monoisotopic (exact) mass is 352 g/mol. The molecule has 4 rings (SSSR count). The van der Waals surface area contributed by atoms with Gasteiger partial charge in [0.15, 0.2) is 0 Å². The lowest BCUT2D eigenvalue weighted by Gasteiger charge is -2.32. The molecule has 7 nitrogen and oxygen atoms in total. The normalized spacial score (nSPS) is 17.2. The molecule has 0 amide bonds. The van der Waals surface area contributed by atoms with E-state index in [1.807, 2.05) is 59.7 Å². The molecule has 0 aliphatic carbocycles. The number of nitrogens with zero attached hydrogens (tertiary/aromatic N) is 4. The number of carbonyl (C=O) groups is 1. The summed E-state index contributed by atoms with van der Waals surface area (Å²) in [5.41, 5.74) is 2.20. The minimum Gasteiger partial charge on any atom is -0.480 e. The molecule has 2 aromatic heterocycles. The van der Waals surface area contributed by atoms with Gasteiger partial charge in [0, 0.05) is 5.56 Å². The number of hydrogen-bond donors (Lipinski definition) is 1. The van der Waals surface area contributed by atoms with E-state index in [1.165, 1.54) is 5.56 Å². The van der Waals surface area contributed by atoms with Crippen molar-refractivity contribution in [1.82, 2.24) is 19.7 Å². The third kappa shape index (κ3) is 3.01. The number of rotatable bonds is 4. The third-order valence-electron chi connectivity index (χ3n) is 4.79. The standard InChI is InChI=1S/C19H20N4O3/c1-12-3-5-14(6-4-12)17-8-7-15(26-17)9-22-11-18-21-20-13(2)23(18)10-16(22)19(24)25/h3-8,16H,9-11H2,1-2H3,(H,24,25). The topological polar surface area (TPSA) is 84.4 Å². The number of aryl methyl sites for hydroxylation is 2. The highest BCUT2D eigenvalue weighted by Gasteiger charge is 2.33. The molecule has 0 saturated heterocycles. The minimum absolute atomic E-state index is 0.342. The quantitative estimate of drug-likeness (QED) is 0.777. The summed E-state index contributed by atoms with van der Waals surface area (Å²) in [6.45, 7) is 5.06. The fourth-order valence-corrected chi connectivity index (χ4v) is 3.30. The van der Waals surface area contributed by atoms with Crippen molar-refractivity contribution in [2.24, 2.45) is 0 Å². The van der Waals surface area contributed by atoms with Crippen molar-refractivity contribution in [1.29, 1.82) is 0 Å². The Kier molecular flexibility index (Phi) is 4.08. The number of carboxylic acid groups (broad SMARTS) is 1. The van der Waals surface area contributed by atoms with E-state index in [0.717, 1.165) is 28.7 Å². The average molecular weight is 352 g/mol. The molecule has 1 aliphatic heterocycles. The predicted molar refractivity (Wildman–Crippen MR) is 94.3 cm³/mol. The van der Waals surface area contributed by atoms with Gasteiger partial charge in [-0.25, -0.2) is 0 Å². The van der Waals surface area contributed by atoms with Gasteiger partial charge >= 0.3 is 5.97 Å². The number of benzene rings is 1. The van der Waals surface area contributed by atoms with Crippen LogP contribution < -0.4 is 0 Å². The molecule has 0 spiro atoms. The van der Waals surface area contributed by atoms with Gasteiger partial charge < -0.3 is 14.1 Å². The average Bonchev–Trinajstić information content (AvgIpc) is 3.22. The van der Waals surface area contributed by atoms with Crippen molar-refractivity contribution >= 4 is 5.97 Å². The van der Waals surface area contributed by atoms with Crippen molar-refractivity contribution in [2.75, 3.05) is 0 Å². The van der Waals surface area contributed by atoms with E-state index in [-0.39, 0.29) is 0 Å². The Morgan fingerprint density at radius 3 is 2.69 bits per heavy atom. The van der Waals surface area contributed by atoms with Gasteiger partial charge in [-0.3, -0.25) is 9.69 Å². The Hall–Kier alpha value is -2.93. The second kappa shape index (κ2) is 6.42. The van der Waals surface area contributed by atoms with Crippen LogP contribution in [0.5, 0.6) is 0 Å². The summed E-state index contributed by atoms with van der Waals surface area (Å²) in [6.07, 6.45) is 0. The molecular formula is C19H20N4O3. The van der Waals surface area contributed by atoms with Crippen LogP contribution >= 0.6 is 0 Å². The molecule has 1 atom stereocenters. The summed E-state index contributed by atoms with van der Waals surface area (Å²) < 4.78 is 7.83. The molecule has 7 heteroatoms. The lowest BCUT2D eigenvalue weighted by molar-refractivity contribution is -0.145. The minimum atomic E-state index is -0.853. The van der Waals surface area contributed by atoms with E-state index < -0.39 is 12.0 Å². The van der Waals surface area contributed by atoms with E-state index in [2.05, 4.69) is 10.2 Å². The van der Waals surface area contributed by atoms with Gasteiger partial charge in [-0.05, 0) is 26.0 Å². The highest BCUT2D eigenvalue weighted by Crippen LogP contribution is 2.25. The first kappa shape index (κ1) is 16.5. The first-order chi connectivity index (χ1) is 12.5. The van der Waals surface area contributed by atoms with Crippen LogP contribution in [0, 0.1) is 13.8 Å². The van der Waals surface area contributed by atoms with Crippen LogP contribution in [0.3, 0.4) is 0 Å². The van der Waals surface area contributed by atoms with Crippen LogP contribution in [0.4, 0.5) is 0 Å².